The Labute approximate surface area is 232 Å². The summed E-state index contributed by atoms with van der Waals surface area (Å²) in [6, 6.07) is 0. The lowest BCUT2D eigenvalue weighted by molar-refractivity contribution is -0.348. The van der Waals surface area contributed by atoms with Crippen LogP contribution in [0.1, 0.15) is 115 Å². The molecule has 6 nitrogen and oxygen atoms in total. The highest BCUT2D eigenvalue weighted by atomic mass is 16.7. The zero-order valence-corrected chi connectivity index (χ0v) is 26.2. The molecule has 4 aliphatic carbocycles. The summed E-state index contributed by atoms with van der Waals surface area (Å²) in [7, 11) is 0. The van der Waals surface area contributed by atoms with Gasteiger partial charge in [-0.1, -0.05) is 75.8 Å². The van der Waals surface area contributed by atoms with Crippen LogP contribution in [-0.2, 0) is 28.5 Å². The Morgan fingerprint density at radius 1 is 0.763 bits per heavy atom. The van der Waals surface area contributed by atoms with Gasteiger partial charge in [0.15, 0.2) is 12.6 Å². The van der Waals surface area contributed by atoms with Crippen molar-refractivity contribution in [2.45, 2.75) is 144 Å². The molecular weight excluding hydrogens is 480 g/mol. The molecule has 0 aromatic rings. The molecule has 0 aromatic heterocycles. The summed E-state index contributed by atoms with van der Waals surface area (Å²) in [4.78, 5) is 12.9. The van der Waals surface area contributed by atoms with Crippen molar-refractivity contribution in [3.8, 4) is 0 Å². The molecule has 4 atom stereocenters. The third-order valence-corrected chi connectivity index (χ3v) is 7.75. The molecule has 0 saturated heterocycles. The highest BCUT2D eigenvalue weighted by Crippen LogP contribution is 2.64. The molecule has 0 heterocycles. The first-order chi connectivity index (χ1) is 17.3. The first kappa shape index (κ1) is 31.6. The van der Waals surface area contributed by atoms with E-state index in [2.05, 4.69) is 75.8 Å². The average Bonchev–Trinajstić information content (AvgIpc) is 2.71. The van der Waals surface area contributed by atoms with E-state index in [-0.39, 0.29) is 41.2 Å². The number of hydrogen-bond acceptors (Lipinski definition) is 6. The van der Waals surface area contributed by atoms with E-state index in [0.29, 0.717) is 37.5 Å². The van der Waals surface area contributed by atoms with Crippen LogP contribution in [0.15, 0.2) is 12.2 Å². The smallest absolute Gasteiger partial charge is 0.333 e. The largest absolute Gasteiger partial charge is 0.455 e. The minimum Gasteiger partial charge on any atom is -0.455 e. The van der Waals surface area contributed by atoms with Gasteiger partial charge in [-0.15, -0.1) is 0 Å². The minimum atomic E-state index is -0.632. The molecule has 0 N–H and O–H groups in total. The summed E-state index contributed by atoms with van der Waals surface area (Å²) in [5.41, 5.74) is -1.09. The van der Waals surface area contributed by atoms with E-state index in [9.17, 15) is 4.79 Å². The summed E-state index contributed by atoms with van der Waals surface area (Å²) >= 11 is 0. The molecule has 0 amide bonds. The quantitative estimate of drug-likeness (QED) is 0.147. The van der Waals surface area contributed by atoms with Gasteiger partial charge in [-0.2, -0.15) is 0 Å². The molecule has 4 unspecified atom stereocenters. The number of rotatable bonds is 12. The van der Waals surface area contributed by atoms with Crippen molar-refractivity contribution >= 4 is 5.97 Å². The number of hydrogen-bond donors (Lipinski definition) is 0. The predicted molar refractivity (Wildman–Crippen MR) is 151 cm³/mol. The minimum absolute atomic E-state index is 0.0371. The number of carbonyl (C=O) groups excluding carboxylic acids is 1. The third kappa shape index (κ3) is 8.05. The highest BCUT2D eigenvalue weighted by molar-refractivity contribution is 5.87. The Morgan fingerprint density at radius 3 is 1.47 bits per heavy atom. The van der Waals surface area contributed by atoms with Gasteiger partial charge in [-0.3, -0.25) is 0 Å². The van der Waals surface area contributed by atoms with E-state index < -0.39 is 16.8 Å². The fourth-order valence-corrected chi connectivity index (χ4v) is 6.72. The van der Waals surface area contributed by atoms with Crippen LogP contribution in [-0.4, -0.2) is 48.6 Å². The molecule has 4 aliphatic rings. The maximum Gasteiger partial charge on any atom is 0.333 e. The molecule has 0 aliphatic heterocycles. The SMILES string of the molecule is C=C(C)C(=O)OC12CC3CC(OC(OCC(C)(C)C)C(C)C)(C1)CC(OC(OCC(C)(C)C)C(C)C)(C3)C2. The zero-order chi connectivity index (χ0) is 28.7. The van der Waals surface area contributed by atoms with Crippen molar-refractivity contribution in [2.24, 2.45) is 28.6 Å². The van der Waals surface area contributed by atoms with Gasteiger partial charge in [0.2, 0.25) is 0 Å². The summed E-state index contributed by atoms with van der Waals surface area (Å²) in [6.45, 7) is 28.4. The maximum atomic E-state index is 12.9. The molecule has 0 radical (unpaired) electrons. The lowest BCUT2D eigenvalue weighted by Crippen LogP contribution is -2.69. The zero-order valence-electron chi connectivity index (χ0n) is 26.2. The second kappa shape index (κ2) is 11.1. The van der Waals surface area contributed by atoms with Gasteiger partial charge < -0.3 is 23.7 Å². The van der Waals surface area contributed by atoms with Crippen LogP contribution in [0, 0.1) is 28.6 Å². The predicted octanol–water partition coefficient (Wildman–Crippen LogP) is 7.44. The molecule has 6 heteroatoms. The fourth-order valence-electron chi connectivity index (χ4n) is 6.72. The lowest BCUT2D eigenvalue weighted by Gasteiger charge is -2.65. The first-order valence-electron chi connectivity index (χ1n) is 14.7. The van der Waals surface area contributed by atoms with E-state index in [0.717, 1.165) is 25.7 Å². The van der Waals surface area contributed by atoms with E-state index in [1.54, 1.807) is 6.92 Å². The van der Waals surface area contributed by atoms with Crippen molar-refractivity contribution in [1.82, 2.24) is 0 Å². The number of esters is 1. The Balaban J connectivity index is 1.93. The molecule has 220 valence electrons. The monoisotopic (exact) mass is 536 g/mol. The summed E-state index contributed by atoms with van der Waals surface area (Å²) < 4.78 is 33.0. The van der Waals surface area contributed by atoms with Crippen LogP contribution in [0.2, 0.25) is 0 Å². The van der Waals surface area contributed by atoms with Crippen molar-refractivity contribution < 1.29 is 28.5 Å². The van der Waals surface area contributed by atoms with Gasteiger partial charge in [-0.05, 0) is 42.9 Å². The van der Waals surface area contributed by atoms with Crippen LogP contribution in [0.4, 0.5) is 0 Å². The summed E-state index contributed by atoms with van der Waals surface area (Å²) in [5.74, 6) is 0.394. The maximum absolute atomic E-state index is 12.9. The number of ether oxygens (including phenoxy) is 5. The lowest BCUT2D eigenvalue weighted by atomic mass is 9.50. The molecule has 4 fully saturated rings. The molecular formula is C32H56O6. The Morgan fingerprint density at radius 2 is 1.13 bits per heavy atom. The van der Waals surface area contributed by atoms with Crippen LogP contribution >= 0.6 is 0 Å². The molecule has 0 spiro atoms. The second-order valence-electron chi connectivity index (χ2n) is 15.9. The van der Waals surface area contributed by atoms with Crippen LogP contribution < -0.4 is 0 Å². The standard InChI is InChI=1S/C32H56O6/c1-21(2)25(33)36-30-13-24-14-31(16-30,37-26(22(3)4)34-19-28(7,8)9)18-32(15-24,17-30)38-27(23(5)6)35-20-29(10,11)12/h22-24,26-27H,1,13-20H2,2-12H3. The van der Waals surface area contributed by atoms with Crippen molar-refractivity contribution in [3.05, 3.63) is 12.2 Å². The van der Waals surface area contributed by atoms with Crippen LogP contribution in [0.5, 0.6) is 0 Å². The highest BCUT2D eigenvalue weighted by Gasteiger charge is 2.67. The van der Waals surface area contributed by atoms with E-state index in [1.807, 2.05) is 0 Å². The summed E-state index contributed by atoms with van der Waals surface area (Å²) in [5, 5.41) is 0. The Bertz CT molecular complexity index is 799. The van der Waals surface area contributed by atoms with Crippen LogP contribution in [0.25, 0.3) is 0 Å². The van der Waals surface area contributed by atoms with Gasteiger partial charge in [0.25, 0.3) is 0 Å². The molecule has 0 aromatic carbocycles. The topological polar surface area (TPSA) is 63.2 Å². The second-order valence-corrected chi connectivity index (χ2v) is 15.9. The Hall–Kier alpha value is -0.950. The Kier molecular flexibility index (Phi) is 9.26. The van der Waals surface area contributed by atoms with E-state index >= 15 is 0 Å². The molecule has 4 bridgehead atoms. The normalized spacial score (nSPS) is 32.6. The van der Waals surface area contributed by atoms with Crippen LogP contribution in [0.3, 0.4) is 0 Å². The van der Waals surface area contributed by atoms with Crippen molar-refractivity contribution in [3.63, 3.8) is 0 Å². The van der Waals surface area contributed by atoms with Gasteiger partial charge in [0.1, 0.15) is 5.60 Å². The van der Waals surface area contributed by atoms with E-state index in [4.69, 9.17) is 23.7 Å². The van der Waals surface area contributed by atoms with Crippen molar-refractivity contribution in [1.29, 1.82) is 0 Å². The first-order valence-corrected chi connectivity index (χ1v) is 14.7. The number of carbonyl (C=O) groups is 1. The fraction of sp³-hybridized carbons (Fsp3) is 0.906. The third-order valence-electron chi connectivity index (χ3n) is 7.75. The van der Waals surface area contributed by atoms with E-state index in [1.165, 1.54) is 0 Å². The molecule has 4 saturated carbocycles. The average molecular weight is 537 g/mol. The van der Waals surface area contributed by atoms with Gasteiger partial charge in [0, 0.05) is 36.7 Å². The summed E-state index contributed by atoms with van der Waals surface area (Å²) in [6.07, 6.45) is 4.11. The molecule has 4 rings (SSSR count). The van der Waals surface area contributed by atoms with Gasteiger partial charge in [0.05, 0.1) is 24.4 Å². The van der Waals surface area contributed by atoms with Crippen molar-refractivity contribution in [2.75, 3.05) is 13.2 Å². The van der Waals surface area contributed by atoms with Gasteiger partial charge >= 0.3 is 5.97 Å². The molecule has 38 heavy (non-hydrogen) atoms. The van der Waals surface area contributed by atoms with Gasteiger partial charge in [-0.25, -0.2) is 4.79 Å².